The van der Waals surface area contributed by atoms with Crippen LogP contribution >= 0.6 is 22.6 Å². The molecule has 88 valence electrons. The molecule has 0 aromatic heterocycles. The van der Waals surface area contributed by atoms with Gasteiger partial charge in [-0.3, -0.25) is 0 Å². The molecule has 1 N–H and O–H groups in total. The van der Waals surface area contributed by atoms with Crippen molar-refractivity contribution in [2.75, 3.05) is 0 Å². The second-order valence-corrected chi connectivity index (χ2v) is 4.73. The lowest BCUT2D eigenvalue weighted by Crippen LogP contribution is -2.25. The lowest BCUT2D eigenvalue weighted by molar-refractivity contribution is -0.137. The molecule has 0 spiro atoms. The molecule has 0 radical (unpaired) electrons. The van der Waals surface area contributed by atoms with Gasteiger partial charge in [-0.05, 0) is 27.7 Å². The maximum Gasteiger partial charge on any atom is 0.452 e. The molecule has 0 aliphatic heterocycles. The van der Waals surface area contributed by atoms with E-state index in [1.807, 2.05) is 0 Å². The fourth-order valence-corrected chi connectivity index (χ4v) is 1.27. The number of hydrogen-bond donors (Lipinski definition) is 1. The van der Waals surface area contributed by atoms with Crippen LogP contribution in [-0.2, 0) is 9.47 Å². The molecule has 0 fully saturated rings. The van der Waals surface area contributed by atoms with Crippen molar-refractivity contribution in [1.82, 2.24) is 0 Å². The van der Waals surface area contributed by atoms with Gasteiger partial charge in [0.15, 0.2) is 0 Å². The summed E-state index contributed by atoms with van der Waals surface area (Å²) in [5.74, 6) is 0. The van der Waals surface area contributed by atoms with E-state index in [1.165, 1.54) is 22.6 Å². The Morgan fingerprint density at radius 3 is 2.27 bits per heavy atom. The van der Waals surface area contributed by atoms with Crippen molar-refractivity contribution in [3.05, 3.63) is 0 Å². The Kier molecular flexibility index (Phi) is 6.22. The first-order valence-electron chi connectivity index (χ1n) is 4.45. The molecular weight excluding hydrogens is 315 g/mol. The third kappa shape index (κ3) is 8.70. The summed E-state index contributed by atoms with van der Waals surface area (Å²) in [6.45, 7) is 6.83. The molecule has 0 saturated carbocycles. The summed E-state index contributed by atoms with van der Waals surface area (Å²) < 4.78 is 7.82. The molecule has 0 aromatic carbocycles. The summed E-state index contributed by atoms with van der Waals surface area (Å²) in [6, 6.07) is 0. The maximum absolute atomic E-state index is 10.9. The van der Waals surface area contributed by atoms with Crippen LogP contribution in [0, 0.1) is 0 Å². The monoisotopic (exact) mass is 330 g/mol. The molecule has 15 heavy (non-hydrogen) atoms. The Hall–Kier alpha value is -0.280. The van der Waals surface area contributed by atoms with Gasteiger partial charge < -0.3 is 14.6 Å². The van der Waals surface area contributed by atoms with E-state index in [2.05, 4.69) is 15.0 Å². The first-order chi connectivity index (χ1) is 6.73. The minimum atomic E-state index is -1.83. The Labute approximate surface area is 102 Å². The molecule has 7 heteroatoms. The minimum Gasteiger partial charge on any atom is -0.444 e. The number of halogens is 1. The molecule has 0 aliphatic carbocycles. The zero-order valence-corrected chi connectivity index (χ0v) is 11.3. The number of ether oxygens (including phenoxy) is 2. The normalized spacial score (nSPS) is 16.0. The summed E-state index contributed by atoms with van der Waals surface area (Å²) in [7, 11) is 0. The number of hydrogen-bond acceptors (Lipinski definition) is 5. The van der Waals surface area contributed by atoms with E-state index in [0.29, 0.717) is 0 Å². The first kappa shape index (κ1) is 14.7. The molecule has 0 heterocycles. The van der Waals surface area contributed by atoms with E-state index in [4.69, 9.17) is 4.74 Å². The van der Waals surface area contributed by atoms with Crippen LogP contribution < -0.4 is 0 Å². The van der Waals surface area contributed by atoms with Crippen LogP contribution in [-0.4, -0.2) is 27.3 Å². The van der Waals surface area contributed by atoms with Gasteiger partial charge in [-0.2, -0.15) is 0 Å². The van der Waals surface area contributed by atoms with Crippen LogP contribution in [0.4, 0.5) is 4.79 Å². The number of alkyl halides is 1. The van der Waals surface area contributed by atoms with Gasteiger partial charge in [-0.25, -0.2) is 4.79 Å². The highest BCUT2D eigenvalue weighted by atomic mass is 127. The topological polar surface area (TPSA) is 80.5 Å². The highest BCUT2D eigenvalue weighted by molar-refractivity contribution is 14.1. The zero-order valence-electron chi connectivity index (χ0n) is 9.10. The fraction of sp³-hybridized carbons (Fsp3) is 0.875. The molecule has 1 atom stereocenters. The van der Waals surface area contributed by atoms with E-state index < -0.39 is 10.0 Å². The Morgan fingerprint density at radius 1 is 1.33 bits per heavy atom. The average molecular weight is 330 g/mol. The van der Waals surface area contributed by atoms with Crippen LogP contribution in [0.3, 0.4) is 0 Å². The molecule has 1 unspecified atom stereocenters. The Balaban J connectivity index is 4.19. The predicted molar refractivity (Wildman–Crippen MR) is 61.7 cm³/mol. The van der Waals surface area contributed by atoms with Gasteiger partial charge in [-0.1, -0.05) is 5.11 Å². The van der Waals surface area contributed by atoms with Crippen LogP contribution in [0.5, 0.6) is 0 Å². The lowest BCUT2D eigenvalue weighted by Gasteiger charge is -2.17. The highest BCUT2D eigenvalue weighted by Crippen LogP contribution is 2.21. The zero-order chi connectivity index (χ0) is 12.1. The number of aliphatic hydroxyl groups is 1. The molecular formula is C8H15IN2O4. The van der Waals surface area contributed by atoms with Crippen LogP contribution in [0.1, 0.15) is 27.7 Å². The summed E-state index contributed by atoms with van der Waals surface area (Å²) in [5.41, 5.74) is 0. The van der Waals surface area contributed by atoms with Crippen molar-refractivity contribution in [2.45, 2.75) is 43.8 Å². The third-order valence-electron chi connectivity index (χ3n) is 0.977. The summed E-state index contributed by atoms with van der Waals surface area (Å²) in [4.78, 5) is 10.9. The summed E-state index contributed by atoms with van der Waals surface area (Å²) in [6.07, 6.45) is -1.36. The van der Waals surface area contributed by atoms with E-state index >= 15 is 0 Å². The largest absolute Gasteiger partial charge is 0.452 e. The van der Waals surface area contributed by atoms with Crippen LogP contribution in [0.15, 0.2) is 10.2 Å². The number of carbonyl (C=O) groups excluding carboxylic acids is 1. The predicted octanol–water partition coefficient (Wildman–Crippen LogP) is 2.45. The fourth-order valence-electron chi connectivity index (χ4n) is 0.651. The maximum atomic E-state index is 10.9. The number of azo groups is 1. The number of amides is 1. The van der Waals surface area contributed by atoms with Gasteiger partial charge in [0.2, 0.25) is 0 Å². The number of carbonyl (C=O) groups is 1. The van der Waals surface area contributed by atoms with Crippen molar-refractivity contribution < 1.29 is 19.4 Å². The van der Waals surface area contributed by atoms with Crippen molar-refractivity contribution in [3.63, 3.8) is 0 Å². The van der Waals surface area contributed by atoms with Crippen molar-refractivity contribution >= 4 is 28.7 Å². The number of nitrogens with zero attached hydrogens (tertiary/aromatic N) is 2. The van der Waals surface area contributed by atoms with Gasteiger partial charge in [0.05, 0.1) is 12.2 Å². The molecule has 0 bridgehead atoms. The van der Waals surface area contributed by atoms with E-state index in [9.17, 15) is 9.90 Å². The van der Waals surface area contributed by atoms with E-state index in [0.717, 1.165) is 0 Å². The number of rotatable bonds is 4. The lowest BCUT2D eigenvalue weighted by atomic mass is 10.5. The van der Waals surface area contributed by atoms with Crippen LogP contribution in [0.2, 0.25) is 0 Å². The second kappa shape index (κ2) is 6.33. The molecule has 6 nitrogen and oxygen atoms in total. The van der Waals surface area contributed by atoms with Gasteiger partial charge >= 0.3 is 10.0 Å². The van der Waals surface area contributed by atoms with Gasteiger partial charge in [-0.15, -0.1) is 5.11 Å². The average Bonchev–Trinajstić information content (AvgIpc) is 1.97. The smallest absolute Gasteiger partial charge is 0.444 e. The third-order valence-corrected chi connectivity index (χ3v) is 1.45. The van der Waals surface area contributed by atoms with Gasteiger partial charge in [0, 0.05) is 22.6 Å². The molecule has 0 saturated heterocycles. The molecule has 0 rings (SSSR count). The van der Waals surface area contributed by atoms with E-state index in [-0.39, 0.29) is 12.2 Å². The summed E-state index contributed by atoms with van der Waals surface area (Å²) >= 11 is 1.52. The van der Waals surface area contributed by atoms with Gasteiger partial charge in [0.1, 0.15) is 0 Å². The molecule has 0 aliphatic rings. The van der Waals surface area contributed by atoms with Crippen molar-refractivity contribution in [2.24, 2.45) is 10.2 Å². The van der Waals surface area contributed by atoms with Gasteiger partial charge in [0.25, 0.3) is 0 Å². The minimum absolute atomic E-state index is 0.230. The second-order valence-electron chi connectivity index (χ2n) is 3.33. The molecule has 1 amide bonds. The Morgan fingerprint density at radius 2 is 1.87 bits per heavy atom. The quantitative estimate of drug-likeness (QED) is 0.282. The SMILES string of the molecule is CC(C)OC(=O)/N=N/C(O)(I)OC(C)C. The van der Waals surface area contributed by atoms with E-state index in [1.54, 1.807) is 27.7 Å². The Bertz CT molecular complexity index is 241. The van der Waals surface area contributed by atoms with Crippen LogP contribution in [0.25, 0.3) is 0 Å². The highest BCUT2D eigenvalue weighted by Gasteiger charge is 2.25. The van der Waals surface area contributed by atoms with Crippen molar-refractivity contribution in [1.29, 1.82) is 0 Å². The summed E-state index contributed by atoms with van der Waals surface area (Å²) in [5, 5.41) is 16.0. The standard InChI is InChI=1S/C8H15IN2O4/c1-5(2)14-7(12)10-11-8(9,13)15-6(3)4/h5-6,13H,1-4H3/b11-10+. The molecule has 0 aromatic rings. The van der Waals surface area contributed by atoms with Crippen molar-refractivity contribution in [3.8, 4) is 0 Å². The first-order valence-corrected chi connectivity index (χ1v) is 5.53.